The van der Waals surface area contributed by atoms with E-state index < -0.39 is 30.2 Å². The molecule has 1 aliphatic heterocycles. The van der Waals surface area contributed by atoms with Gasteiger partial charge in [-0.15, -0.1) is 0 Å². The van der Waals surface area contributed by atoms with Gasteiger partial charge in [0.25, 0.3) is 5.91 Å². The van der Waals surface area contributed by atoms with Gasteiger partial charge in [0.15, 0.2) is 6.61 Å². The first-order chi connectivity index (χ1) is 18.5. The van der Waals surface area contributed by atoms with E-state index in [1.54, 1.807) is 24.3 Å². The second kappa shape index (κ2) is 11.9. The van der Waals surface area contributed by atoms with Gasteiger partial charge in [0.2, 0.25) is 11.8 Å². The number of hydrogen-bond donors (Lipinski definition) is 2. The summed E-state index contributed by atoms with van der Waals surface area (Å²) in [5.41, 5.74) is 1.31. The van der Waals surface area contributed by atoms with E-state index in [-0.39, 0.29) is 34.9 Å². The molecule has 7 nitrogen and oxygen atoms in total. The Morgan fingerprint density at radius 1 is 1.05 bits per heavy atom. The van der Waals surface area contributed by atoms with Crippen molar-refractivity contribution in [1.82, 2.24) is 5.32 Å². The molecule has 1 aliphatic rings. The molecule has 3 aromatic carbocycles. The molecule has 3 aromatic rings. The Morgan fingerprint density at radius 3 is 2.41 bits per heavy atom. The number of nitrogens with zero attached hydrogens (tertiary/aromatic N) is 1. The van der Waals surface area contributed by atoms with Crippen molar-refractivity contribution in [1.29, 1.82) is 0 Å². The van der Waals surface area contributed by atoms with E-state index >= 15 is 0 Å². The van der Waals surface area contributed by atoms with Gasteiger partial charge in [-0.3, -0.25) is 14.4 Å². The van der Waals surface area contributed by atoms with E-state index in [2.05, 4.69) is 26.6 Å². The molecule has 4 rings (SSSR count). The van der Waals surface area contributed by atoms with Gasteiger partial charge in [-0.25, -0.2) is 0 Å². The Hall–Kier alpha value is -3.86. The zero-order valence-corrected chi connectivity index (χ0v) is 22.4. The molecule has 204 valence electrons. The lowest BCUT2D eigenvalue weighted by Crippen LogP contribution is -2.32. The van der Waals surface area contributed by atoms with Gasteiger partial charge < -0.3 is 20.3 Å². The maximum atomic E-state index is 13.3. The fraction of sp³-hybridized carbons (Fsp3) is 0.250. The molecule has 0 radical (unpaired) electrons. The molecule has 0 aliphatic carbocycles. The number of benzene rings is 3. The van der Waals surface area contributed by atoms with Crippen LogP contribution in [0.3, 0.4) is 0 Å². The van der Waals surface area contributed by atoms with Crippen LogP contribution in [0.5, 0.6) is 5.75 Å². The van der Waals surface area contributed by atoms with Crippen molar-refractivity contribution in [2.24, 2.45) is 5.92 Å². The van der Waals surface area contributed by atoms with Gasteiger partial charge in [0.1, 0.15) is 5.75 Å². The molecule has 0 bridgehead atoms. The summed E-state index contributed by atoms with van der Waals surface area (Å²) in [5.74, 6) is -1.34. The molecule has 0 saturated carbocycles. The van der Waals surface area contributed by atoms with E-state index in [1.165, 1.54) is 11.0 Å². The van der Waals surface area contributed by atoms with Crippen LogP contribution in [0.2, 0.25) is 0 Å². The molecular formula is C28H25BrF3N3O4. The predicted octanol–water partition coefficient (Wildman–Crippen LogP) is 5.46. The normalized spacial score (nSPS) is 15.3. The Kier molecular flexibility index (Phi) is 8.59. The Morgan fingerprint density at radius 2 is 1.74 bits per heavy atom. The molecule has 1 atom stereocenters. The average Bonchev–Trinajstić information content (AvgIpc) is 3.29. The van der Waals surface area contributed by atoms with E-state index in [0.29, 0.717) is 18.0 Å². The van der Waals surface area contributed by atoms with Crippen molar-refractivity contribution in [2.45, 2.75) is 26.1 Å². The van der Waals surface area contributed by atoms with Crippen molar-refractivity contribution < 1.29 is 32.3 Å². The fourth-order valence-corrected chi connectivity index (χ4v) is 4.45. The fourth-order valence-electron chi connectivity index (χ4n) is 4.09. The van der Waals surface area contributed by atoms with Crippen molar-refractivity contribution >= 4 is 45.0 Å². The maximum absolute atomic E-state index is 13.3. The number of anilines is 2. The minimum absolute atomic E-state index is 0.0914. The van der Waals surface area contributed by atoms with Gasteiger partial charge in [-0.2, -0.15) is 13.2 Å². The number of carbonyl (C=O) groups excluding carboxylic acids is 3. The predicted molar refractivity (Wildman–Crippen MR) is 143 cm³/mol. The number of hydrogen-bond acceptors (Lipinski definition) is 4. The molecule has 3 amide bonds. The molecule has 39 heavy (non-hydrogen) atoms. The topological polar surface area (TPSA) is 87.7 Å². The quantitative estimate of drug-likeness (QED) is 0.358. The first kappa shape index (κ1) is 28.2. The van der Waals surface area contributed by atoms with E-state index in [4.69, 9.17) is 4.74 Å². The second-order valence-corrected chi connectivity index (χ2v) is 10.0. The molecule has 1 fully saturated rings. The van der Waals surface area contributed by atoms with Gasteiger partial charge in [0, 0.05) is 29.7 Å². The summed E-state index contributed by atoms with van der Waals surface area (Å²) in [6, 6.07) is 17.6. The highest BCUT2D eigenvalue weighted by Gasteiger charge is 2.35. The maximum Gasteiger partial charge on any atom is 0.418 e. The summed E-state index contributed by atoms with van der Waals surface area (Å²) < 4.78 is 45.4. The van der Waals surface area contributed by atoms with E-state index in [0.717, 1.165) is 23.3 Å². The highest BCUT2D eigenvalue weighted by molar-refractivity contribution is 9.10. The zero-order valence-electron chi connectivity index (χ0n) is 20.8. The number of carbonyl (C=O) groups is 3. The summed E-state index contributed by atoms with van der Waals surface area (Å²) in [6.07, 6.45) is -4.55. The summed E-state index contributed by atoms with van der Waals surface area (Å²) in [6.45, 7) is 2.08. The van der Waals surface area contributed by atoms with Crippen LogP contribution < -0.4 is 20.3 Å². The SMILES string of the molecule is Cc1ccc(CNC(=O)[C@H]2CC(=O)N(c3ccc(OCC(=O)Nc4ccc(Br)cc4C(F)(F)F)cc3)C2)cc1. The second-order valence-electron chi connectivity index (χ2n) is 9.13. The molecule has 1 heterocycles. The van der Waals surface area contributed by atoms with Gasteiger partial charge in [-0.1, -0.05) is 45.8 Å². The smallest absolute Gasteiger partial charge is 0.418 e. The van der Waals surface area contributed by atoms with Crippen LogP contribution in [0.15, 0.2) is 71.2 Å². The van der Waals surface area contributed by atoms with Crippen LogP contribution in [0.1, 0.15) is 23.1 Å². The lowest BCUT2D eigenvalue weighted by Gasteiger charge is -2.17. The molecular weight excluding hydrogens is 579 g/mol. The standard InChI is InChI=1S/C28H25BrF3N3O4/c1-17-2-4-18(5-3-17)14-33-27(38)19-12-26(37)35(15-19)21-7-9-22(10-8-21)39-16-25(36)34-24-11-6-20(29)13-23(24)28(30,31)32/h2-11,13,19H,12,14-16H2,1H3,(H,33,38)(H,34,36)/t19-/m0/s1. The molecule has 0 unspecified atom stereocenters. The van der Waals surface area contributed by atoms with E-state index in [9.17, 15) is 27.6 Å². The minimum Gasteiger partial charge on any atom is -0.484 e. The van der Waals surface area contributed by atoms with Crippen LogP contribution in [0.4, 0.5) is 24.5 Å². The number of nitrogens with one attached hydrogen (secondary N) is 2. The number of aryl methyl sites for hydroxylation is 1. The van der Waals surface area contributed by atoms with E-state index in [1.807, 2.05) is 31.2 Å². The molecule has 0 aromatic heterocycles. The van der Waals surface area contributed by atoms with Crippen molar-refractivity contribution in [3.8, 4) is 5.75 Å². The van der Waals surface area contributed by atoms with Gasteiger partial charge in [-0.05, 0) is 55.0 Å². The molecule has 0 spiro atoms. The molecule has 11 heteroatoms. The Balaban J connectivity index is 1.29. The average molecular weight is 604 g/mol. The summed E-state index contributed by atoms with van der Waals surface area (Å²) in [7, 11) is 0. The number of ether oxygens (including phenoxy) is 1. The van der Waals surface area contributed by atoms with Crippen LogP contribution in [0, 0.1) is 12.8 Å². The zero-order chi connectivity index (χ0) is 28.2. The van der Waals surface area contributed by atoms with Crippen LogP contribution >= 0.6 is 15.9 Å². The third kappa shape index (κ3) is 7.38. The van der Waals surface area contributed by atoms with Gasteiger partial charge in [0.05, 0.1) is 17.2 Å². The van der Waals surface area contributed by atoms with Crippen LogP contribution in [-0.2, 0) is 27.1 Å². The van der Waals surface area contributed by atoms with Crippen molar-refractivity contribution in [2.75, 3.05) is 23.4 Å². The van der Waals surface area contributed by atoms with Gasteiger partial charge >= 0.3 is 6.18 Å². The van der Waals surface area contributed by atoms with Crippen molar-refractivity contribution in [3.63, 3.8) is 0 Å². The number of rotatable bonds is 8. The van der Waals surface area contributed by atoms with Crippen molar-refractivity contribution in [3.05, 3.63) is 87.9 Å². The Labute approximate surface area is 231 Å². The summed E-state index contributed by atoms with van der Waals surface area (Å²) >= 11 is 3.00. The first-order valence-corrected chi connectivity index (χ1v) is 12.8. The van der Waals surface area contributed by atoms with Crippen LogP contribution in [-0.4, -0.2) is 30.9 Å². The lowest BCUT2D eigenvalue weighted by molar-refractivity contribution is -0.137. The minimum atomic E-state index is -4.64. The number of amides is 3. The highest BCUT2D eigenvalue weighted by Crippen LogP contribution is 2.36. The largest absolute Gasteiger partial charge is 0.484 e. The molecule has 1 saturated heterocycles. The number of halogens is 4. The molecule has 2 N–H and O–H groups in total. The highest BCUT2D eigenvalue weighted by atomic mass is 79.9. The summed E-state index contributed by atoms with van der Waals surface area (Å²) in [5, 5.41) is 5.10. The monoisotopic (exact) mass is 603 g/mol. The Bertz CT molecular complexity index is 1360. The third-order valence-electron chi connectivity index (χ3n) is 6.16. The van der Waals surface area contributed by atoms with Crippen LogP contribution in [0.25, 0.3) is 0 Å². The first-order valence-electron chi connectivity index (χ1n) is 12.0. The lowest BCUT2D eigenvalue weighted by atomic mass is 10.1. The third-order valence-corrected chi connectivity index (χ3v) is 6.66. The summed E-state index contributed by atoms with van der Waals surface area (Å²) in [4.78, 5) is 38.9. The number of alkyl halides is 3.